The lowest BCUT2D eigenvalue weighted by Crippen LogP contribution is -2.19. The van der Waals surface area contributed by atoms with Gasteiger partial charge in [-0.05, 0) is 87.9 Å². The summed E-state index contributed by atoms with van der Waals surface area (Å²) in [6.07, 6.45) is 0. The molecule has 0 atom stereocenters. The first-order valence-corrected chi connectivity index (χ1v) is 14.9. The number of hydrogen-bond acceptors (Lipinski definition) is 4. The van der Waals surface area contributed by atoms with Crippen LogP contribution in [0.15, 0.2) is 24.3 Å². The Morgan fingerprint density at radius 3 is 1.16 bits per heavy atom. The van der Waals surface area contributed by atoms with E-state index in [1.54, 1.807) is 6.92 Å². The van der Waals surface area contributed by atoms with Crippen LogP contribution in [0.5, 0.6) is 11.5 Å². The van der Waals surface area contributed by atoms with Crippen molar-refractivity contribution >= 4 is 7.82 Å². The third-order valence-corrected chi connectivity index (χ3v) is 8.19. The van der Waals surface area contributed by atoms with Crippen molar-refractivity contribution in [2.24, 2.45) is 0 Å². The molecule has 0 fully saturated rings. The molecular weight excluding hydrogens is 479 g/mol. The molecule has 0 aliphatic carbocycles. The molecular formula is C32H51O4P. The maximum Gasteiger partial charge on any atom is 0.587 e. The van der Waals surface area contributed by atoms with Crippen molar-refractivity contribution in [3.8, 4) is 11.5 Å². The normalized spacial score (nSPS) is 13.6. The van der Waals surface area contributed by atoms with Gasteiger partial charge in [-0.1, -0.05) is 95.2 Å². The van der Waals surface area contributed by atoms with Crippen LogP contribution in [0.25, 0.3) is 0 Å². The van der Waals surface area contributed by atoms with Gasteiger partial charge in [-0.25, -0.2) is 4.57 Å². The van der Waals surface area contributed by atoms with Crippen LogP contribution >= 0.6 is 7.82 Å². The van der Waals surface area contributed by atoms with Gasteiger partial charge >= 0.3 is 7.82 Å². The summed E-state index contributed by atoms with van der Waals surface area (Å²) in [5.41, 5.74) is 5.97. The van der Waals surface area contributed by atoms with Crippen molar-refractivity contribution in [3.05, 3.63) is 57.6 Å². The molecule has 0 aliphatic rings. The maximum absolute atomic E-state index is 14.2. The minimum absolute atomic E-state index is 0.110. The summed E-state index contributed by atoms with van der Waals surface area (Å²) in [5.74, 6) is 1.07. The number of phosphoric ester groups is 1. The average Bonchev–Trinajstić information content (AvgIpc) is 2.67. The highest BCUT2D eigenvalue weighted by molar-refractivity contribution is 7.49. The van der Waals surface area contributed by atoms with E-state index in [9.17, 15) is 4.57 Å². The first-order chi connectivity index (χ1) is 16.5. The van der Waals surface area contributed by atoms with E-state index >= 15 is 0 Å². The molecule has 0 aliphatic heterocycles. The number of hydrogen-bond donors (Lipinski definition) is 0. The molecule has 0 heterocycles. The van der Waals surface area contributed by atoms with Crippen molar-refractivity contribution in [2.45, 2.75) is 126 Å². The molecule has 2 aromatic rings. The van der Waals surface area contributed by atoms with E-state index in [0.717, 1.165) is 33.4 Å². The van der Waals surface area contributed by atoms with E-state index in [0.29, 0.717) is 11.5 Å². The first kappa shape index (κ1) is 31.4. The molecule has 0 radical (unpaired) electrons. The van der Waals surface area contributed by atoms with E-state index < -0.39 is 7.82 Å². The minimum atomic E-state index is -4.01. The van der Waals surface area contributed by atoms with E-state index in [1.807, 2.05) is 26.0 Å². The van der Waals surface area contributed by atoms with Gasteiger partial charge in [-0.3, -0.25) is 4.52 Å². The Morgan fingerprint density at radius 2 is 0.919 bits per heavy atom. The Kier molecular flexibility index (Phi) is 8.86. The van der Waals surface area contributed by atoms with Crippen LogP contribution in [0.2, 0.25) is 0 Å². The van der Waals surface area contributed by atoms with Crippen molar-refractivity contribution in [2.75, 3.05) is 6.61 Å². The molecule has 0 amide bonds. The molecule has 0 aromatic heterocycles. The van der Waals surface area contributed by atoms with E-state index in [4.69, 9.17) is 13.6 Å². The maximum atomic E-state index is 14.2. The summed E-state index contributed by atoms with van der Waals surface area (Å²) in [6.45, 7) is 32.1. The zero-order valence-corrected chi connectivity index (χ0v) is 27.0. The Bertz CT molecular complexity index is 1080. The lowest BCUT2D eigenvalue weighted by atomic mass is 9.78. The third kappa shape index (κ3) is 7.64. The van der Waals surface area contributed by atoms with E-state index in [2.05, 4.69) is 95.2 Å². The summed E-state index contributed by atoms with van der Waals surface area (Å²) < 4.78 is 32.5. The van der Waals surface area contributed by atoms with E-state index in [-0.39, 0.29) is 28.3 Å². The third-order valence-electron chi connectivity index (χ3n) is 6.78. The molecule has 208 valence electrons. The predicted octanol–water partition coefficient (Wildman–Crippen LogP) is 10.1. The second kappa shape index (κ2) is 10.4. The molecule has 4 nitrogen and oxygen atoms in total. The van der Waals surface area contributed by atoms with Crippen molar-refractivity contribution in [1.29, 1.82) is 0 Å². The number of rotatable bonds is 6. The molecule has 0 spiro atoms. The van der Waals surface area contributed by atoms with Crippen LogP contribution in [0, 0.1) is 13.8 Å². The smallest absolute Gasteiger partial charge is 0.395 e. The summed E-state index contributed by atoms with van der Waals surface area (Å²) >= 11 is 0. The number of phosphoric acid groups is 1. The minimum Gasteiger partial charge on any atom is -0.395 e. The Hall–Kier alpha value is -1.77. The van der Waals surface area contributed by atoms with Crippen molar-refractivity contribution in [3.63, 3.8) is 0 Å². The molecule has 0 saturated carbocycles. The Balaban J connectivity index is 2.72. The standard InChI is InChI=1S/C32H51O4P/c1-16-34-37(33,35-27-19-23(29(4,5)6)17-25(21(27)2)31(10,11)12)36-28-20-24(30(7,8)9)18-26(22(28)3)32(13,14)15/h17-20H,16H2,1-15H3. The highest BCUT2D eigenvalue weighted by atomic mass is 31.2. The fraction of sp³-hybridized carbons (Fsp3) is 0.625. The summed E-state index contributed by atoms with van der Waals surface area (Å²) in [4.78, 5) is 0. The molecule has 0 unspecified atom stereocenters. The average molecular weight is 531 g/mol. The van der Waals surface area contributed by atoms with Crippen LogP contribution in [0.1, 0.15) is 123 Å². The zero-order chi connectivity index (χ0) is 28.8. The fourth-order valence-electron chi connectivity index (χ4n) is 4.46. The van der Waals surface area contributed by atoms with Gasteiger partial charge in [0.2, 0.25) is 0 Å². The topological polar surface area (TPSA) is 44.8 Å². The van der Waals surface area contributed by atoms with Crippen LogP contribution in [-0.2, 0) is 30.7 Å². The largest absolute Gasteiger partial charge is 0.587 e. The second-order valence-corrected chi connectivity index (χ2v) is 15.9. The monoisotopic (exact) mass is 530 g/mol. The second-order valence-electron chi connectivity index (χ2n) is 14.3. The summed E-state index contributed by atoms with van der Waals surface area (Å²) in [7, 11) is -4.01. The van der Waals surface area contributed by atoms with Gasteiger partial charge in [-0.15, -0.1) is 0 Å². The van der Waals surface area contributed by atoms with Crippen LogP contribution < -0.4 is 9.05 Å². The summed E-state index contributed by atoms with van der Waals surface area (Å²) in [6, 6.07) is 8.44. The molecule has 5 heteroatoms. The highest BCUT2D eigenvalue weighted by Gasteiger charge is 2.35. The lowest BCUT2D eigenvalue weighted by molar-refractivity contribution is 0.218. The SMILES string of the molecule is CCOP(=O)(Oc1cc(C(C)(C)C)cc(C(C)(C)C)c1C)Oc1cc(C(C)(C)C)cc(C(C)(C)C)c1C. The fourth-order valence-corrected chi connectivity index (χ4v) is 5.78. The first-order valence-electron chi connectivity index (χ1n) is 13.4. The van der Waals surface area contributed by atoms with Crippen LogP contribution in [0.4, 0.5) is 0 Å². The van der Waals surface area contributed by atoms with Gasteiger partial charge in [0, 0.05) is 0 Å². The van der Waals surface area contributed by atoms with Crippen molar-refractivity contribution in [1.82, 2.24) is 0 Å². The zero-order valence-electron chi connectivity index (χ0n) is 26.1. The molecule has 2 aromatic carbocycles. The highest BCUT2D eigenvalue weighted by Crippen LogP contribution is 2.53. The quantitative estimate of drug-likeness (QED) is 0.349. The van der Waals surface area contributed by atoms with Gasteiger partial charge in [0.25, 0.3) is 0 Å². The van der Waals surface area contributed by atoms with Gasteiger partial charge in [0.15, 0.2) is 0 Å². The molecule has 37 heavy (non-hydrogen) atoms. The van der Waals surface area contributed by atoms with Gasteiger partial charge in [-0.2, -0.15) is 0 Å². The van der Waals surface area contributed by atoms with Crippen LogP contribution in [-0.4, -0.2) is 6.61 Å². The van der Waals surface area contributed by atoms with Crippen LogP contribution in [0.3, 0.4) is 0 Å². The van der Waals surface area contributed by atoms with E-state index in [1.165, 1.54) is 0 Å². The molecule has 0 saturated heterocycles. The molecule has 0 bridgehead atoms. The molecule has 2 rings (SSSR count). The van der Waals surface area contributed by atoms with Gasteiger partial charge < -0.3 is 9.05 Å². The molecule has 0 N–H and O–H groups in total. The summed E-state index contributed by atoms with van der Waals surface area (Å²) in [5, 5.41) is 0. The number of benzene rings is 2. The Morgan fingerprint density at radius 1 is 0.595 bits per heavy atom. The Labute approximate surface area is 227 Å². The van der Waals surface area contributed by atoms with Gasteiger partial charge in [0.05, 0.1) is 6.61 Å². The van der Waals surface area contributed by atoms with Gasteiger partial charge in [0.1, 0.15) is 11.5 Å². The lowest BCUT2D eigenvalue weighted by Gasteiger charge is -2.30. The predicted molar refractivity (Wildman–Crippen MR) is 158 cm³/mol. The van der Waals surface area contributed by atoms with Crippen molar-refractivity contribution < 1.29 is 18.1 Å².